The summed E-state index contributed by atoms with van der Waals surface area (Å²) in [6.07, 6.45) is 7.59. The molecule has 0 atom stereocenters. The van der Waals surface area contributed by atoms with Crippen LogP contribution in [0.3, 0.4) is 0 Å². The topological polar surface area (TPSA) is 46.5 Å². The van der Waals surface area contributed by atoms with Gasteiger partial charge in [-0.15, -0.1) is 11.8 Å². The maximum Gasteiger partial charge on any atom is 0.119 e. The van der Waals surface area contributed by atoms with E-state index in [2.05, 4.69) is 49.9 Å². The number of hydrogen-bond acceptors (Lipinski definition) is 3. The number of aromatic nitrogens is 4. The predicted molar refractivity (Wildman–Crippen MR) is 86.7 cm³/mol. The van der Waals surface area contributed by atoms with Crippen LogP contribution in [-0.2, 0) is 6.54 Å². The molecule has 3 heterocycles. The molecule has 0 spiro atoms. The Hall–Kier alpha value is -2.27. The molecule has 1 N–H and O–H groups in total. The van der Waals surface area contributed by atoms with Crippen LogP contribution < -0.4 is 0 Å². The van der Waals surface area contributed by atoms with Gasteiger partial charge in [0.25, 0.3) is 0 Å². The molecule has 0 aliphatic carbocycles. The molecule has 0 saturated heterocycles. The molecule has 0 aliphatic rings. The highest BCUT2D eigenvalue weighted by Gasteiger charge is 2.12. The van der Waals surface area contributed by atoms with Gasteiger partial charge >= 0.3 is 0 Å². The van der Waals surface area contributed by atoms with Crippen molar-refractivity contribution < 1.29 is 0 Å². The lowest BCUT2D eigenvalue weighted by Crippen LogP contribution is -2.01. The van der Waals surface area contributed by atoms with E-state index in [-0.39, 0.29) is 0 Å². The number of benzene rings is 1. The van der Waals surface area contributed by atoms with Crippen molar-refractivity contribution in [2.24, 2.45) is 0 Å². The zero-order chi connectivity index (χ0) is 14.2. The molecular formula is C16H14N4S. The molecule has 4 aromatic rings. The third-order valence-electron chi connectivity index (χ3n) is 3.76. The lowest BCUT2D eigenvalue weighted by atomic mass is 10.2. The highest BCUT2D eigenvalue weighted by Crippen LogP contribution is 2.29. The van der Waals surface area contributed by atoms with E-state index in [1.54, 1.807) is 18.1 Å². The van der Waals surface area contributed by atoms with Crippen LogP contribution in [-0.4, -0.2) is 25.8 Å². The van der Waals surface area contributed by atoms with Crippen molar-refractivity contribution in [2.75, 3.05) is 6.26 Å². The first-order chi connectivity index (χ1) is 10.4. The molecule has 0 aliphatic heterocycles. The third-order valence-corrected chi connectivity index (χ3v) is 4.50. The molecular weight excluding hydrogens is 280 g/mol. The molecule has 0 fully saturated rings. The number of H-pyrrole nitrogens is 1. The minimum atomic E-state index is 0.770. The Bertz CT molecular complexity index is 869. The Morgan fingerprint density at radius 3 is 2.90 bits per heavy atom. The summed E-state index contributed by atoms with van der Waals surface area (Å²) >= 11 is 1.66. The van der Waals surface area contributed by atoms with Gasteiger partial charge < -0.3 is 9.55 Å². The van der Waals surface area contributed by atoms with Gasteiger partial charge in [0.15, 0.2) is 0 Å². The molecule has 104 valence electrons. The Morgan fingerprint density at radius 2 is 2.00 bits per heavy atom. The largest absolute Gasteiger partial charge is 0.346 e. The third kappa shape index (κ3) is 1.93. The van der Waals surface area contributed by atoms with E-state index in [1.807, 2.05) is 18.6 Å². The summed E-state index contributed by atoms with van der Waals surface area (Å²) in [7, 11) is 0. The molecule has 21 heavy (non-hydrogen) atoms. The number of fused-ring (bicyclic) bond motifs is 3. The summed E-state index contributed by atoms with van der Waals surface area (Å²) in [6, 6.07) is 10.6. The van der Waals surface area contributed by atoms with Gasteiger partial charge in [0.05, 0.1) is 30.3 Å². The van der Waals surface area contributed by atoms with Crippen molar-refractivity contribution in [3.8, 4) is 0 Å². The number of thioether (sulfide) groups is 1. The zero-order valence-electron chi connectivity index (χ0n) is 11.6. The average Bonchev–Trinajstić information content (AvgIpc) is 3.11. The van der Waals surface area contributed by atoms with Crippen molar-refractivity contribution in [3.05, 3.63) is 54.7 Å². The second kappa shape index (κ2) is 4.93. The molecule has 0 bridgehead atoms. The van der Waals surface area contributed by atoms with Gasteiger partial charge in [-0.2, -0.15) is 0 Å². The van der Waals surface area contributed by atoms with E-state index < -0.39 is 0 Å². The smallest absolute Gasteiger partial charge is 0.119 e. The fourth-order valence-corrected chi connectivity index (χ4v) is 3.35. The number of aromatic amines is 1. The molecule has 0 amide bonds. The van der Waals surface area contributed by atoms with Crippen LogP contribution in [0.4, 0.5) is 0 Å². The summed E-state index contributed by atoms with van der Waals surface area (Å²) in [5, 5.41) is 3.55. The van der Waals surface area contributed by atoms with Crippen LogP contribution in [0.2, 0.25) is 0 Å². The normalized spacial score (nSPS) is 11.5. The fourth-order valence-electron chi connectivity index (χ4n) is 2.82. The zero-order valence-corrected chi connectivity index (χ0v) is 12.4. The van der Waals surface area contributed by atoms with E-state index in [4.69, 9.17) is 0 Å². The van der Waals surface area contributed by atoms with E-state index >= 15 is 0 Å². The van der Waals surface area contributed by atoms with Gasteiger partial charge in [-0.25, -0.2) is 4.98 Å². The van der Waals surface area contributed by atoms with Crippen LogP contribution in [0, 0.1) is 0 Å². The maximum atomic E-state index is 4.35. The molecule has 3 aromatic heterocycles. The van der Waals surface area contributed by atoms with Crippen molar-refractivity contribution in [2.45, 2.75) is 11.6 Å². The van der Waals surface area contributed by atoms with Gasteiger partial charge in [0.1, 0.15) is 5.03 Å². The maximum absolute atomic E-state index is 4.35. The lowest BCUT2D eigenvalue weighted by Gasteiger charge is -2.06. The first-order valence-corrected chi connectivity index (χ1v) is 7.98. The number of pyridine rings is 1. The Kier molecular flexibility index (Phi) is 2.93. The minimum absolute atomic E-state index is 0.770. The monoisotopic (exact) mass is 294 g/mol. The number of hydrogen-bond donors (Lipinski definition) is 1. The minimum Gasteiger partial charge on any atom is -0.346 e. The Morgan fingerprint density at radius 1 is 1.14 bits per heavy atom. The summed E-state index contributed by atoms with van der Waals surface area (Å²) in [6.45, 7) is 0.770. The van der Waals surface area contributed by atoms with Crippen molar-refractivity contribution >= 4 is 33.6 Å². The highest BCUT2D eigenvalue weighted by molar-refractivity contribution is 7.98. The van der Waals surface area contributed by atoms with E-state index in [0.717, 1.165) is 22.8 Å². The van der Waals surface area contributed by atoms with E-state index in [9.17, 15) is 0 Å². The van der Waals surface area contributed by atoms with E-state index in [0.29, 0.717) is 0 Å². The second-order valence-electron chi connectivity index (χ2n) is 4.89. The van der Waals surface area contributed by atoms with Crippen LogP contribution in [0.25, 0.3) is 21.8 Å². The molecule has 5 heteroatoms. The van der Waals surface area contributed by atoms with Gasteiger partial charge in [-0.05, 0) is 18.4 Å². The van der Waals surface area contributed by atoms with E-state index in [1.165, 1.54) is 16.3 Å². The predicted octanol–water partition coefficient (Wildman–Crippen LogP) is 3.68. The van der Waals surface area contributed by atoms with Gasteiger partial charge in [0.2, 0.25) is 0 Å². The van der Waals surface area contributed by atoms with Crippen molar-refractivity contribution in [1.82, 2.24) is 19.5 Å². The van der Waals surface area contributed by atoms with Gasteiger partial charge in [0, 0.05) is 22.5 Å². The number of imidazole rings is 1. The quantitative estimate of drug-likeness (QED) is 0.586. The standard InChI is InChI=1S/C16H14N4S/c1-21-16-13(18-10-19-16)9-20-14-5-3-2-4-11(14)12-6-7-17-8-15(12)20/h2-8,10H,9H2,1H3,(H,18,19). The van der Waals surface area contributed by atoms with Crippen LogP contribution in [0.5, 0.6) is 0 Å². The first-order valence-electron chi connectivity index (χ1n) is 6.75. The Labute approximate surface area is 126 Å². The molecule has 0 unspecified atom stereocenters. The van der Waals surface area contributed by atoms with Crippen LogP contribution in [0.15, 0.2) is 54.1 Å². The summed E-state index contributed by atoms with van der Waals surface area (Å²) in [4.78, 5) is 11.9. The lowest BCUT2D eigenvalue weighted by molar-refractivity contribution is 0.820. The summed E-state index contributed by atoms with van der Waals surface area (Å²) in [5.74, 6) is 0. The number of rotatable bonds is 3. The second-order valence-corrected chi connectivity index (χ2v) is 5.68. The highest BCUT2D eigenvalue weighted by atomic mass is 32.2. The number of nitrogens with zero attached hydrogens (tertiary/aromatic N) is 3. The summed E-state index contributed by atoms with van der Waals surface area (Å²) in [5.41, 5.74) is 3.51. The van der Waals surface area contributed by atoms with Crippen molar-refractivity contribution in [1.29, 1.82) is 0 Å². The Balaban J connectivity index is 1.98. The van der Waals surface area contributed by atoms with Crippen molar-refractivity contribution in [3.63, 3.8) is 0 Å². The van der Waals surface area contributed by atoms with Crippen LogP contribution in [0.1, 0.15) is 5.69 Å². The molecule has 4 nitrogen and oxygen atoms in total. The molecule has 0 saturated carbocycles. The average molecular weight is 294 g/mol. The number of para-hydroxylation sites is 1. The summed E-state index contributed by atoms with van der Waals surface area (Å²) < 4.78 is 2.30. The number of nitrogens with one attached hydrogen (secondary N) is 1. The molecule has 1 aromatic carbocycles. The van der Waals surface area contributed by atoms with Gasteiger partial charge in [-0.3, -0.25) is 4.98 Å². The first kappa shape index (κ1) is 12.5. The van der Waals surface area contributed by atoms with Gasteiger partial charge in [-0.1, -0.05) is 18.2 Å². The molecule has 4 rings (SSSR count). The SMILES string of the molecule is CSc1nc[nH]c1Cn1c2ccccc2c2ccncc21. The van der Waals surface area contributed by atoms with Crippen LogP contribution >= 0.6 is 11.8 Å². The molecule has 0 radical (unpaired) electrons. The fraction of sp³-hybridized carbons (Fsp3) is 0.125.